The second-order valence-corrected chi connectivity index (χ2v) is 5.43. The molecule has 7 heteroatoms. The summed E-state index contributed by atoms with van der Waals surface area (Å²) in [7, 11) is 0. The molecule has 1 N–H and O–H groups in total. The third kappa shape index (κ3) is 3.69. The lowest BCUT2D eigenvalue weighted by atomic mass is 10.2. The van der Waals surface area contributed by atoms with Gasteiger partial charge in [-0.2, -0.15) is 0 Å². The number of aromatic nitrogens is 1. The van der Waals surface area contributed by atoms with Crippen LogP contribution in [0.3, 0.4) is 0 Å². The summed E-state index contributed by atoms with van der Waals surface area (Å²) >= 11 is 1.51. The topological polar surface area (TPSA) is 83.6 Å². The molecule has 0 saturated carbocycles. The van der Waals surface area contributed by atoms with E-state index in [0.717, 1.165) is 4.88 Å². The van der Waals surface area contributed by atoms with Crippen molar-refractivity contribution in [2.24, 2.45) is 0 Å². The van der Waals surface area contributed by atoms with E-state index in [1.165, 1.54) is 16.2 Å². The molecule has 0 aliphatic rings. The Balaban J connectivity index is 2.12. The first-order valence-corrected chi connectivity index (χ1v) is 7.39. The predicted octanol–water partition coefficient (Wildman–Crippen LogP) is 2.19. The summed E-state index contributed by atoms with van der Waals surface area (Å²) < 4.78 is 5.57. The molecule has 0 atom stereocenters. The number of carbonyl (C=O) groups is 2. The number of amides is 1. The van der Waals surface area contributed by atoms with Crippen LogP contribution in [-0.4, -0.2) is 40.0 Å². The Bertz CT molecular complexity index is 633. The molecule has 1 amide bonds. The van der Waals surface area contributed by atoms with Crippen molar-refractivity contribution < 1.29 is 19.1 Å². The second-order valence-electron chi connectivity index (χ2n) is 4.48. The molecular weight excluding hydrogens is 292 g/mol. The van der Waals surface area contributed by atoms with Crippen molar-refractivity contribution in [2.45, 2.75) is 20.3 Å². The number of aryl methyl sites for hydroxylation is 1. The van der Waals surface area contributed by atoms with Crippen LogP contribution in [0.4, 0.5) is 0 Å². The standard InChI is InChI=1S/C14H16N2O4S/c1-3-16(8-13(18)19)12(17)7-10-9(2)20-14(15-10)11-5-4-6-21-11/h4-6H,3,7-8H2,1-2H3,(H,18,19). The lowest BCUT2D eigenvalue weighted by Crippen LogP contribution is -2.36. The number of aliphatic carboxylic acids is 1. The highest BCUT2D eigenvalue weighted by Gasteiger charge is 2.20. The van der Waals surface area contributed by atoms with E-state index in [0.29, 0.717) is 23.9 Å². The van der Waals surface area contributed by atoms with Crippen LogP contribution in [0.2, 0.25) is 0 Å². The number of hydrogen-bond acceptors (Lipinski definition) is 5. The third-order valence-electron chi connectivity index (χ3n) is 3.00. The Kier molecular flexibility index (Phi) is 4.74. The molecular formula is C14H16N2O4S. The van der Waals surface area contributed by atoms with Gasteiger partial charge in [0, 0.05) is 6.54 Å². The number of rotatable bonds is 6. The molecule has 0 aliphatic carbocycles. The number of hydrogen-bond donors (Lipinski definition) is 1. The van der Waals surface area contributed by atoms with Gasteiger partial charge in [-0.15, -0.1) is 11.3 Å². The lowest BCUT2D eigenvalue weighted by molar-refractivity contribution is -0.144. The summed E-state index contributed by atoms with van der Waals surface area (Å²) in [6.07, 6.45) is 0.0435. The van der Waals surface area contributed by atoms with Gasteiger partial charge in [-0.25, -0.2) is 4.98 Å². The monoisotopic (exact) mass is 308 g/mol. The van der Waals surface area contributed by atoms with Crippen LogP contribution in [0, 0.1) is 6.92 Å². The summed E-state index contributed by atoms with van der Waals surface area (Å²) in [6.45, 7) is 3.54. The van der Waals surface area contributed by atoms with E-state index in [9.17, 15) is 9.59 Å². The van der Waals surface area contributed by atoms with Crippen molar-refractivity contribution >= 4 is 23.2 Å². The van der Waals surface area contributed by atoms with E-state index < -0.39 is 5.97 Å². The average Bonchev–Trinajstić information content (AvgIpc) is 3.06. The highest BCUT2D eigenvalue weighted by Crippen LogP contribution is 2.26. The molecule has 0 radical (unpaired) electrons. The minimum atomic E-state index is -1.03. The normalized spacial score (nSPS) is 10.6. The maximum Gasteiger partial charge on any atom is 0.323 e. The fraction of sp³-hybridized carbons (Fsp3) is 0.357. The van der Waals surface area contributed by atoms with E-state index >= 15 is 0 Å². The van der Waals surface area contributed by atoms with Crippen molar-refractivity contribution in [2.75, 3.05) is 13.1 Å². The zero-order chi connectivity index (χ0) is 15.4. The highest BCUT2D eigenvalue weighted by atomic mass is 32.1. The van der Waals surface area contributed by atoms with Crippen LogP contribution in [0.15, 0.2) is 21.9 Å². The molecule has 0 spiro atoms. The van der Waals surface area contributed by atoms with Gasteiger partial charge in [0.15, 0.2) is 0 Å². The van der Waals surface area contributed by atoms with Gasteiger partial charge in [0.2, 0.25) is 11.8 Å². The molecule has 0 aromatic carbocycles. The number of likely N-dealkylation sites (N-methyl/N-ethyl adjacent to an activating group) is 1. The fourth-order valence-electron chi connectivity index (χ4n) is 1.89. The molecule has 0 fully saturated rings. The van der Waals surface area contributed by atoms with E-state index in [4.69, 9.17) is 9.52 Å². The van der Waals surface area contributed by atoms with Crippen molar-refractivity contribution in [1.29, 1.82) is 0 Å². The molecule has 0 unspecified atom stereocenters. The second kappa shape index (κ2) is 6.53. The maximum atomic E-state index is 12.1. The number of carboxylic acid groups (broad SMARTS) is 1. The van der Waals surface area contributed by atoms with Gasteiger partial charge in [0.25, 0.3) is 0 Å². The number of oxazole rings is 1. The molecule has 21 heavy (non-hydrogen) atoms. The van der Waals surface area contributed by atoms with Gasteiger partial charge >= 0.3 is 5.97 Å². The van der Waals surface area contributed by atoms with Gasteiger partial charge < -0.3 is 14.4 Å². The Morgan fingerprint density at radius 1 is 1.48 bits per heavy atom. The smallest absolute Gasteiger partial charge is 0.323 e. The highest BCUT2D eigenvalue weighted by molar-refractivity contribution is 7.13. The molecule has 0 bridgehead atoms. The zero-order valence-corrected chi connectivity index (χ0v) is 12.6. The molecule has 2 rings (SSSR count). The Labute approximate surface area is 126 Å². The third-order valence-corrected chi connectivity index (χ3v) is 3.86. The molecule has 112 valence electrons. The van der Waals surface area contributed by atoms with E-state index in [2.05, 4.69) is 4.98 Å². The number of carboxylic acids is 1. The summed E-state index contributed by atoms with van der Waals surface area (Å²) in [6, 6.07) is 3.79. The van der Waals surface area contributed by atoms with E-state index in [1.54, 1.807) is 13.8 Å². The van der Waals surface area contributed by atoms with Crippen LogP contribution in [0.1, 0.15) is 18.4 Å². The molecule has 0 saturated heterocycles. The average molecular weight is 308 g/mol. The van der Waals surface area contributed by atoms with E-state index in [-0.39, 0.29) is 18.9 Å². The fourth-order valence-corrected chi connectivity index (χ4v) is 2.54. The van der Waals surface area contributed by atoms with Crippen LogP contribution in [0.5, 0.6) is 0 Å². The van der Waals surface area contributed by atoms with Crippen molar-refractivity contribution in [3.63, 3.8) is 0 Å². The van der Waals surface area contributed by atoms with Crippen molar-refractivity contribution in [3.05, 3.63) is 29.0 Å². The van der Waals surface area contributed by atoms with Crippen molar-refractivity contribution in [1.82, 2.24) is 9.88 Å². The zero-order valence-electron chi connectivity index (χ0n) is 11.8. The lowest BCUT2D eigenvalue weighted by Gasteiger charge is -2.17. The van der Waals surface area contributed by atoms with Gasteiger partial charge in [0.05, 0.1) is 17.0 Å². The van der Waals surface area contributed by atoms with Crippen LogP contribution < -0.4 is 0 Å². The molecule has 2 aromatic heterocycles. The van der Waals surface area contributed by atoms with Gasteiger partial charge in [-0.05, 0) is 25.3 Å². The summed E-state index contributed by atoms with van der Waals surface area (Å²) in [5.74, 6) is -0.222. The number of carbonyl (C=O) groups excluding carboxylic acids is 1. The maximum absolute atomic E-state index is 12.1. The summed E-state index contributed by atoms with van der Waals surface area (Å²) in [5, 5.41) is 10.7. The Hall–Kier alpha value is -2.15. The molecule has 2 heterocycles. The first-order valence-electron chi connectivity index (χ1n) is 6.51. The first-order chi connectivity index (χ1) is 10.0. The van der Waals surface area contributed by atoms with Gasteiger partial charge in [0.1, 0.15) is 12.3 Å². The van der Waals surface area contributed by atoms with Crippen LogP contribution in [-0.2, 0) is 16.0 Å². The largest absolute Gasteiger partial charge is 0.480 e. The SMILES string of the molecule is CCN(CC(=O)O)C(=O)Cc1nc(-c2cccs2)oc1C. The minimum Gasteiger partial charge on any atom is -0.480 e. The number of thiophene rings is 1. The van der Waals surface area contributed by atoms with Crippen LogP contribution in [0.25, 0.3) is 10.8 Å². The predicted molar refractivity (Wildman–Crippen MR) is 78.1 cm³/mol. The molecule has 0 aliphatic heterocycles. The first kappa shape index (κ1) is 15.2. The minimum absolute atomic E-state index is 0.0435. The molecule has 2 aromatic rings. The van der Waals surface area contributed by atoms with Gasteiger partial charge in [-0.3, -0.25) is 9.59 Å². The summed E-state index contributed by atoms with van der Waals surface area (Å²) in [4.78, 5) is 29.3. The van der Waals surface area contributed by atoms with Crippen molar-refractivity contribution in [3.8, 4) is 10.8 Å². The number of nitrogens with zero attached hydrogens (tertiary/aromatic N) is 2. The summed E-state index contributed by atoms with van der Waals surface area (Å²) in [5.41, 5.74) is 0.548. The molecule has 6 nitrogen and oxygen atoms in total. The Morgan fingerprint density at radius 3 is 2.81 bits per heavy atom. The Morgan fingerprint density at radius 2 is 2.24 bits per heavy atom. The van der Waals surface area contributed by atoms with E-state index in [1.807, 2.05) is 17.5 Å². The van der Waals surface area contributed by atoms with Crippen LogP contribution >= 0.6 is 11.3 Å². The quantitative estimate of drug-likeness (QED) is 0.884. The van der Waals surface area contributed by atoms with Gasteiger partial charge in [-0.1, -0.05) is 6.07 Å².